The minimum atomic E-state index is -2.82. The molecule has 1 N–H and O–H groups in total. The molecule has 0 aliphatic carbocycles. The van der Waals surface area contributed by atoms with E-state index in [1.54, 1.807) is 6.07 Å². The van der Waals surface area contributed by atoms with Gasteiger partial charge in [0.2, 0.25) is 0 Å². The lowest BCUT2D eigenvalue weighted by Crippen LogP contribution is -2.24. The maximum absolute atomic E-state index is 12.2. The molecule has 0 amide bonds. The number of halogens is 3. The Kier molecular flexibility index (Phi) is 5.65. The minimum Gasteiger partial charge on any atom is -0.434 e. The van der Waals surface area contributed by atoms with Gasteiger partial charge in [-0.3, -0.25) is 0 Å². The standard InChI is InChI=1S/C12H16ClF2NO/c1-3-8(2)16-7-9-6-10(13)4-5-11(9)17-12(14)15/h4-6,8,12,16H,3,7H2,1-2H3. The third-order valence-electron chi connectivity index (χ3n) is 2.49. The molecule has 1 rings (SSSR count). The zero-order chi connectivity index (χ0) is 12.8. The maximum Gasteiger partial charge on any atom is 0.387 e. The normalized spacial score (nSPS) is 12.8. The smallest absolute Gasteiger partial charge is 0.387 e. The van der Waals surface area contributed by atoms with Crippen LogP contribution in [-0.4, -0.2) is 12.7 Å². The summed E-state index contributed by atoms with van der Waals surface area (Å²) in [6.45, 7) is 1.71. The monoisotopic (exact) mass is 263 g/mol. The van der Waals surface area contributed by atoms with Crippen molar-refractivity contribution in [3.05, 3.63) is 28.8 Å². The molecule has 1 atom stereocenters. The Hall–Kier alpha value is -0.870. The summed E-state index contributed by atoms with van der Waals surface area (Å²) in [6, 6.07) is 4.94. The molecule has 0 aromatic heterocycles. The fourth-order valence-electron chi connectivity index (χ4n) is 1.33. The maximum atomic E-state index is 12.2. The molecule has 0 radical (unpaired) electrons. The lowest BCUT2D eigenvalue weighted by atomic mass is 10.2. The van der Waals surface area contributed by atoms with Gasteiger partial charge in [0.05, 0.1) is 0 Å². The zero-order valence-corrected chi connectivity index (χ0v) is 10.6. The molecule has 5 heteroatoms. The van der Waals surface area contributed by atoms with Crippen LogP contribution in [0.2, 0.25) is 5.02 Å². The van der Waals surface area contributed by atoms with Gasteiger partial charge in [0, 0.05) is 23.2 Å². The highest BCUT2D eigenvalue weighted by Gasteiger charge is 2.10. The fourth-order valence-corrected chi connectivity index (χ4v) is 1.52. The highest BCUT2D eigenvalue weighted by Crippen LogP contribution is 2.24. The highest BCUT2D eigenvalue weighted by molar-refractivity contribution is 6.30. The van der Waals surface area contributed by atoms with Gasteiger partial charge in [0.1, 0.15) is 5.75 Å². The molecule has 96 valence electrons. The van der Waals surface area contributed by atoms with Gasteiger partial charge in [0.15, 0.2) is 0 Å². The molecule has 0 bridgehead atoms. The van der Waals surface area contributed by atoms with E-state index in [0.717, 1.165) is 6.42 Å². The summed E-state index contributed by atoms with van der Waals surface area (Å²) in [4.78, 5) is 0. The van der Waals surface area contributed by atoms with E-state index in [-0.39, 0.29) is 5.75 Å². The minimum absolute atomic E-state index is 0.167. The number of alkyl halides is 2. The molecule has 0 spiro atoms. The van der Waals surface area contributed by atoms with E-state index in [4.69, 9.17) is 11.6 Å². The summed E-state index contributed by atoms with van der Waals surface area (Å²) in [7, 11) is 0. The van der Waals surface area contributed by atoms with Crippen molar-refractivity contribution in [1.29, 1.82) is 0 Å². The first kappa shape index (κ1) is 14.2. The summed E-state index contributed by atoms with van der Waals surface area (Å²) >= 11 is 5.83. The van der Waals surface area contributed by atoms with Gasteiger partial charge < -0.3 is 10.1 Å². The van der Waals surface area contributed by atoms with Crippen LogP contribution in [0.1, 0.15) is 25.8 Å². The predicted molar refractivity (Wildman–Crippen MR) is 64.7 cm³/mol. The molecule has 0 saturated heterocycles. The third kappa shape index (κ3) is 4.88. The van der Waals surface area contributed by atoms with Crippen molar-refractivity contribution in [1.82, 2.24) is 5.32 Å². The highest BCUT2D eigenvalue weighted by atomic mass is 35.5. The number of hydrogen-bond acceptors (Lipinski definition) is 2. The van der Waals surface area contributed by atoms with Gasteiger partial charge in [-0.25, -0.2) is 0 Å². The number of benzene rings is 1. The fraction of sp³-hybridized carbons (Fsp3) is 0.500. The van der Waals surface area contributed by atoms with Crippen molar-refractivity contribution >= 4 is 11.6 Å². The van der Waals surface area contributed by atoms with Crippen LogP contribution < -0.4 is 10.1 Å². The average molecular weight is 264 g/mol. The van der Waals surface area contributed by atoms with Crippen LogP contribution in [0.25, 0.3) is 0 Å². The van der Waals surface area contributed by atoms with Gasteiger partial charge >= 0.3 is 6.61 Å². The Labute approximate surface area is 105 Å². The van der Waals surface area contributed by atoms with Crippen LogP contribution >= 0.6 is 11.6 Å². The Morgan fingerprint density at radius 1 is 1.41 bits per heavy atom. The summed E-state index contributed by atoms with van der Waals surface area (Å²) in [5.74, 6) is 0.167. The van der Waals surface area contributed by atoms with Crippen molar-refractivity contribution in [2.45, 2.75) is 39.5 Å². The van der Waals surface area contributed by atoms with E-state index in [1.165, 1.54) is 12.1 Å². The van der Waals surface area contributed by atoms with Crippen molar-refractivity contribution in [3.63, 3.8) is 0 Å². The summed E-state index contributed by atoms with van der Waals surface area (Å²) in [5.41, 5.74) is 0.637. The van der Waals surface area contributed by atoms with Crippen LogP contribution in [0.5, 0.6) is 5.75 Å². The van der Waals surface area contributed by atoms with E-state index in [9.17, 15) is 8.78 Å². The molecule has 0 fully saturated rings. The third-order valence-corrected chi connectivity index (χ3v) is 2.73. The first-order chi connectivity index (χ1) is 8.02. The number of ether oxygens (including phenoxy) is 1. The molecule has 0 aliphatic rings. The van der Waals surface area contributed by atoms with Crippen molar-refractivity contribution in [2.75, 3.05) is 0 Å². The first-order valence-electron chi connectivity index (χ1n) is 5.49. The van der Waals surface area contributed by atoms with Crippen LogP contribution in [0.4, 0.5) is 8.78 Å². The van der Waals surface area contributed by atoms with Crippen LogP contribution in [0.15, 0.2) is 18.2 Å². The van der Waals surface area contributed by atoms with Crippen molar-refractivity contribution in [3.8, 4) is 5.75 Å². The predicted octanol–water partition coefficient (Wildman–Crippen LogP) is 3.83. The molecule has 1 aromatic rings. The van der Waals surface area contributed by atoms with Gasteiger partial charge in [-0.2, -0.15) is 8.78 Å². The zero-order valence-electron chi connectivity index (χ0n) is 9.84. The summed E-state index contributed by atoms with van der Waals surface area (Å²) in [5, 5.41) is 3.71. The molecule has 1 unspecified atom stereocenters. The van der Waals surface area contributed by atoms with Gasteiger partial charge in [0.25, 0.3) is 0 Å². The topological polar surface area (TPSA) is 21.3 Å². The molecular weight excluding hydrogens is 248 g/mol. The van der Waals surface area contributed by atoms with Crippen LogP contribution in [0, 0.1) is 0 Å². The number of hydrogen-bond donors (Lipinski definition) is 1. The van der Waals surface area contributed by atoms with E-state index in [1.807, 2.05) is 13.8 Å². The second-order valence-corrected chi connectivity index (χ2v) is 4.26. The Balaban J connectivity index is 2.76. The van der Waals surface area contributed by atoms with Gasteiger partial charge in [-0.1, -0.05) is 18.5 Å². The SMILES string of the molecule is CCC(C)NCc1cc(Cl)ccc1OC(F)F. The number of nitrogens with one attached hydrogen (secondary N) is 1. The average Bonchev–Trinajstić information content (AvgIpc) is 2.28. The second-order valence-electron chi connectivity index (χ2n) is 3.82. The first-order valence-corrected chi connectivity index (χ1v) is 5.87. The number of rotatable bonds is 6. The van der Waals surface area contributed by atoms with Gasteiger partial charge in [-0.15, -0.1) is 0 Å². The Morgan fingerprint density at radius 2 is 2.12 bits per heavy atom. The lowest BCUT2D eigenvalue weighted by molar-refractivity contribution is -0.0505. The van der Waals surface area contributed by atoms with Crippen LogP contribution in [-0.2, 0) is 6.54 Å². The molecule has 0 aliphatic heterocycles. The summed E-state index contributed by atoms with van der Waals surface area (Å²) < 4.78 is 28.8. The van der Waals surface area contributed by atoms with Crippen molar-refractivity contribution < 1.29 is 13.5 Å². The van der Waals surface area contributed by atoms with E-state index in [2.05, 4.69) is 10.1 Å². The summed E-state index contributed by atoms with van der Waals surface area (Å²) in [6.07, 6.45) is 0.964. The Morgan fingerprint density at radius 3 is 2.71 bits per heavy atom. The van der Waals surface area contributed by atoms with E-state index < -0.39 is 6.61 Å². The van der Waals surface area contributed by atoms with E-state index in [0.29, 0.717) is 23.2 Å². The molecule has 0 heterocycles. The molecule has 2 nitrogen and oxygen atoms in total. The quantitative estimate of drug-likeness (QED) is 0.842. The molecular formula is C12H16ClF2NO. The second kappa shape index (κ2) is 6.77. The molecule has 0 saturated carbocycles. The largest absolute Gasteiger partial charge is 0.434 e. The Bertz CT molecular complexity index is 360. The van der Waals surface area contributed by atoms with E-state index >= 15 is 0 Å². The van der Waals surface area contributed by atoms with Crippen molar-refractivity contribution in [2.24, 2.45) is 0 Å². The van der Waals surface area contributed by atoms with Gasteiger partial charge in [-0.05, 0) is 31.5 Å². The lowest BCUT2D eigenvalue weighted by Gasteiger charge is -2.14. The molecule has 17 heavy (non-hydrogen) atoms. The van der Waals surface area contributed by atoms with Crippen LogP contribution in [0.3, 0.4) is 0 Å². The molecule has 1 aromatic carbocycles.